The first kappa shape index (κ1) is 14.9. The molecule has 0 bridgehead atoms. The molecule has 0 amide bonds. The number of benzene rings is 1. The fourth-order valence-electron chi connectivity index (χ4n) is 2.79. The van der Waals surface area contributed by atoms with Crippen LogP contribution in [-0.4, -0.2) is 4.98 Å². The lowest BCUT2D eigenvalue weighted by Crippen LogP contribution is -1.82. The van der Waals surface area contributed by atoms with Crippen molar-refractivity contribution in [2.24, 2.45) is 5.92 Å². The number of nitrogens with zero attached hydrogens (tertiary/aromatic N) is 2. The van der Waals surface area contributed by atoms with E-state index < -0.39 is 0 Å². The molecule has 1 aliphatic rings. The number of nitriles is 1. The topological polar surface area (TPSA) is 49.8 Å². The third kappa shape index (κ3) is 2.91. The van der Waals surface area contributed by atoms with Crippen molar-refractivity contribution < 1.29 is 4.42 Å². The first-order valence-corrected chi connectivity index (χ1v) is 8.85. The second-order valence-electron chi connectivity index (χ2n) is 6.13. The van der Waals surface area contributed by atoms with Crippen molar-refractivity contribution >= 4 is 23.0 Å². The zero-order chi connectivity index (χ0) is 16.5. The Morgan fingerprint density at radius 1 is 1.29 bits per heavy atom. The Morgan fingerprint density at radius 2 is 2.08 bits per heavy atom. The highest BCUT2D eigenvalue weighted by molar-refractivity contribution is 7.11. The summed E-state index contributed by atoms with van der Waals surface area (Å²) in [6, 6.07) is 16.2. The van der Waals surface area contributed by atoms with Gasteiger partial charge in [0, 0.05) is 22.9 Å². The Labute approximate surface area is 144 Å². The number of hydrogen-bond donors (Lipinski definition) is 0. The molecular formula is C20H16N2OS. The highest BCUT2D eigenvalue weighted by Gasteiger charge is 2.36. The molecule has 3 aromatic rings. The number of aromatic nitrogens is 1. The van der Waals surface area contributed by atoms with Crippen LogP contribution in [0.4, 0.5) is 0 Å². The molecule has 0 spiro atoms. The second kappa shape index (κ2) is 6.10. The van der Waals surface area contributed by atoms with Crippen LogP contribution in [0.5, 0.6) is 0 Å². The molecule has 24 heavy (non-hydrogen) atoms. The molecule has 1 saturated carbocycles. The monoisotopic (exact) mass is 332 g/mol. The van der Waals surface area contributed by atoms with Gasteiger partial charge in [-0.25, -0.2) is 4.98 Å². The molecule has 2 heterocycles. The Balaban J connectivity index is 1.61. The summed E-state index contributed by atoms with van der Waals surface area (Å²) in [5.74, 6) is 2.99. The zero-order valence-electron chi connectivity index (χ0n) is 13.3. The fraction of sp³-hybridized carbons (Fsp3) is 0.200. The number of furan rings is 1. The highest BCUT2D eigenvalue weighted by atomic mass is 32.1. The number of thiazole rings is 1. The van der Waals surface area contributed by atoms with Gasteiger partial charge in [-0.15, -0.1) is 11.3 Å². The molecule has 0 unspecified atom stereocenters. The number of allylic oxidation sites excluding steroid dienone is 1. The summed E-state index contributed by atoms with van der Waals surface area (Å²) in [6.07, 6.45) is 2.97. The van der Waals surface area contributed by atoms with Crippen molar-refractivity contribution in [1.82, 2.24) is 4.98 Å². The lowest BCUT2D eigenvalue weighted by molar-refractivity contribution is 0.498. The Hall–Kier alpha value is -2.64. The van der Waals surface area contributed by atoms with Gasteiger partial charge in [0.05, 0.1) is 11.3 Å². The average molecular weight is 332 g/mol. The summed E-state index contributed by atoms with van der Waals surface area (Å²) >= 11 is 1.48. The minimum Gasteiger partial charge on any atom is -0.461 e. The maximum absolute atomic E-state index is 9.50. The van der Waals surface area contributed by atoms with Crippen LogP contribution >= 0.6 is 11.3 Å². The predicted molar refractivity (Wildman–Crippen MR) is 96.3 cm³/mol. The largest absolute Gasteiger partial charge is 0.461 e. The summed E-state index contributed by atoms with van der Waals surface area (Å²) in [4.78, 5) is 4.60. The zero-order valence-corrected chi connectivity index (χ0v) is 14.1. The minimum absolute atomic E-state index is 0.534. The van der Waals surface area contributed by atoms with Crippen molar-refractivity contribution in [3.05, 3.63) is 64.4 Å². The van der Waals surface area contributed by atoms with E-state index in [0.29, 0.717) is 22.4 Å². The van der Waals surface area contributed by atoms with Gasteiger partial charge < -0.3 is 4.42 Å². The molecule has 1 aromatic carbocycles. The summed E-state index contributed by atoms with van der Waals surface area (Å²) in [5.41, 5.74) is 2.48. The van der Waals surface area contributed by atoms with Crippen molar-refractivity contribution in [2.45, 2.75) is 19.3 Å². The summed E-state index contributed by atoms with van der Waals surface area (Å²) in [5, 5.41) is 12.2. The van der Waals surface area contributed by atoms with E-state index in [0.717, 1.165) is 22.8 Å². The first-order valence-electron chi connectivity index (χ1n) is 7.97. The molecule has 0 radical (unpaired) electrons. The molecule has 2 atom stereocenters. The number of hydrogen-bond acceptors (Lipinski definition) is 4. The van der Waals surface area contributed by atoms with Crippen LogP contribution in [-0.2, 0) is 0 Å². The molecule has 4 rings (SSSR count). The summed E-state index contributed by atoms with van der Waals surface area (Å²) in [7, 11) is 0. The van der Waals surface area contributed by atoms with Gasteiger partial charge in [0.1, 0.15) is 22.6 Å². The van der Waals surface area contributed by atoms with E-state index in [1.54, 1.807) is 6.08 Å². The van der Waals surface area contributed by atoms with E-state index in [4.69, 9.17) is 4.42 Å². The molecule has 1 aliphatic carbocycles. The van der Waals surface area contributed by atoms with Gasteiger partial charge in [-0.2, -0.15) is 5.26 Å². The van der Waals surface area contributed by atoms with E-state index in [1.807, 2.05) is 47.8 Å². The van der Waals surface area contributed by atoms with E-state index in [2.05, 4.69) is 18.0 Å². The molecule has 0 saturated heterocycles. The smallest absolute Gasteiger partial charge is 0.134 e. The van der Waals surface area contributed by atoms with Crippen LogP contribution in [0.2, 0.25) is 0 Å². The minimum atomic E-state index is 0.534. The number of rotatable bonds is 4. The van der Waals surface area contributed by atoms with Crippen molar-refractivity contribution in [3.63, 3.8) is 0 Å². The summed E-state index contributed by atoms with van der Waals surface area (Å²) < 4.78 is 5.87. The molecule has 0 aliphatic heterocycles. The second-order valence-corrected chi connectivity index (χ2v) is 6.99. The predicted octanol–water partition coefficient (Wildman–Crippen LogP) is 5.59. The Bertz CT molecular complexity index is 930. The molecular weight excluding hydrogens is 316 g/mol. The van der Waals surface area contributed by atoms with E-state index >= 15 is 0 Å². The van der Waals surface area contributed by atoms with Crippen LogP contribution in [0.25, 0.3) is 22.9 Å². The normalized spacial score (nSPS) is 19.9. The van der Waals surface area contributed by atoms with Gasteiger partial charge in [0.15, 0.2) is 0 Å². The van der Waals surface area contributed by atoms with E-state index in [1.165, 1.54) is 17.8 Å². The highest BCUT2D eigenvalue weighted by Crippen LogP contribution is 2.47. The van der Waals surface area contributed by atoms with Crippen LogP contribution in [0.1, 0.15) is 35.8 Å². The van der Waals surface area contributed by atoms with Gasteiger partial charge in [-0.3, -0.25) is 0 Å². The molecule has 2 aromatic heterocycles. The third-order valence-corrected chi connectivity index (χ3v) is 5.21. The maximum atomic E-state index is 9.50. The Kier molecular flexibility index (Phi) is 3.79. The molecule has 3 nitrogen and oxygen atoms in total. The van der Waals surface area contributed by atoms with Gasteiger partial charge in [-0.1, -0.05) is 37.3 Å². The lowest BCUT2D eigenvalue weighted by atomic mass is 10.2. The first-order chi connectivity index (χ1) is 11.7. The average Bonchev–Trinajstić information content (AvgIpc) is 3.04. The molecule has 1 fully saturated rings. The quantitative estimate of drug-likeness (QED) is 0.585. The van der Waals surface area contributed by atoms with Crippen LogP contribution in [0.15, 0.2) is 52.3 Å². The van der Waals surface area contributed by atoms with E-state index in [-0.39, 0.29) is 0 Å². The maximum Gasteiger partial charge on any atom is 0.134 e. The van der Waals surface area contributed by atoms with Crippen LogP contribution < -0.4 is 0 Å². The fourth-order valence-corrected chi connectivity index (χ4v) is 3.58. The van der Waals surface area contributed by atoms with Gasteiger partial charge in [-0.05, 0) is 24.5 Å². The molecule has 4 heteroatoms. The SMILES string of the molecule is C[C@H]1C[C@H]1c1ccc(/C=C(\C#N)c2nc(-c3ccccc3)cs2)o1. The van der Waals surface area contributed by atoms with Gasteiger partial charge in [0.25, 0.3) is 0 Å². The van der Waals surface area contributed by atoms with Gasteiger partial charge >= 0.3 is 0 Å². The third-order valence-electron chi connectivity index (χ3n) is 4.33. The van der Waals surface area contributed by atoms with E-state index in [9.17, 15) is 5.26 Å². The van der Waals surface area contributed by atoms with Crippen molar-refractivity contribution in [1.29, 1.82) is 5.26 Å². The van der Waals surface area contributed by atoms with Crippen molar-refractivity contribution in [2.75, 3.05) is 0 Å². The Morgan fingerprint density at radius 3 is 2.79 bits per heavy atom. The van der Waals surface area contributed by atoms with Crippen LogP contribution in [0, 0.1) is 17.2 Å². The molecule has 0 N–H and O–H groups in total. The summed E-state index contributed by atoms with van der Waals surface area (Å²) in [6.45, 7) is 2.23. The van der Waals surface area contributed by atoms with Gasteiger partial charge in [0.2, 0.25) is 0 Å². The lowest BCUT2D eigenvalue weighted by Gasteiger charge is -1.95. The molecule has 118 valence electrons. The standard InChI is InChI=1S/C20H16N2OS/c1-13-9-17(13)19-8-7-16(23-19)10-15(11-21)20-22-18(12-24-20)14-5-3-2-4-6-14/h2-8,10,12-13,17H,9H2,1H3/b15-10+/t13-,17+/m0/s1. The van der Waals surface area contributed by atoms with Crippen molar-refractivity contribution in [3.8, 4) is 17.3 Å². The van der Waals surface area contributed by atoms with Crippen LogP contribution in [0.3, 0.4) is 0 Å².